The van der Waals surface area contributed by atoms with E-state index in [0.29, 0.717) is 11.7 Å². The van der Waals surface area contributed by atoms with Crippen LogP contribution < -0.4 is 5.73 Å². The molecule has 4 saturated carbocycles. The summed E-state index contributed by atoms with van der Waals surface area (Å²) < 4.78 is 0. The van der Waals surface area contributed by atoms with Gasteiger partial charge in [-0.3, -0.25) is 4.79 Å². The van der Waals surface area contributed by atoms with E-state index in [-0.39, 0.29) is 11.0 Å². The average Bonchev–Trinajstić information content (AvgIpc) is 2.66. The van der Waals surface area contributed by atoms with Gasteiger partial charge in [0.15, 0.2) is 0 Å². The monoisotopic (exact) mass is 417 g/mol. The van der Waals surface area contributed by atoms with Crippen molar-refractivity contribution in [3.8, 4) is 0 Å². The van der Waals surface area contributed by atoms with Crippen LogP contribution in [0.1, 0.15) is 136 Å². The number of Topliss-reactive ketones (excluding diaryl/α,β-unsaturated/α-hetero) is 1. The first-order valence-corrected chi connectivity index (χ1v) is 13.6. The summed E-state index contributed by atoms with van der Waals surface area (Å²) >= 11 is 0. The van der Waals surface area contributed by atoms with Crippen LogP contribution >= 0.6 is 0 Å². The van der Waals surface area contributed by atoms with Gasteiger partial charge in [0, 0.05) is 17.4 Å². The molecule has 4 aliphatic carbocycles. The second-order valence-corrected chi connectivity index (χ2v) is 12.3. The van der Waals surface area contributed by atoms with Crippen molar-refractivity contribution in [2.24, 2.45) is 34.8 Å². The molecule has 4 fully saturated rings. The molecule has 0 heterocycles. The molecular weight excluding hydrogens is 366 g/mol. The third-order valence-corrected chi connectivity index (χ3v) is 9.02. The highest BCUT2D eigenvalue weighted by Gasteiger charge is 2.54. The maximum atomic E-state index is 13.6. The molecule has 174 valence electrons. The Morgan fingerprint density at radius 1 is 0.833 bits per heavy atom. The van der Waals surface area contributed by atoms with Crippen molar-refractivity contribution in [1.82, 2.24) is 0 Å². The van der Waals surface area contributed by atoms with E-state index < -0.39 is 0 Å². The van der Waals surface area contributed by atoms with E-state index in [4.69, 9.17) is 5.73 Å². The zero-order valence-corrected chi connectivity index (χ0v) is 20.5. The van der Waals surface area contributed by atoms with Crippen LogP contribution in [-0.4, -0.2) is 11.3 Å². The number of hydrogen-bond donors (Lipinski definition) is 1. The fourth-order valence-electron chi connectivity index (χ4n) is 7.51. The van der Waals surface area contributed by atoms with Crippen molar-refractivity contribution < 1.29 is 4.79 Å². The highest BCUT2D eigenvalue weighted by atomic mass is 16.1. The first-order valence-electron chi connectivity index (χ1n) is 13.6. The van der Waals surface area contributed by atoms with Gasteiger partial charge in [0.1, 0.15) is 5.78 Å². The van der Waals surface area contributed by atoms with Gasteiger partial charge in [0.2, 0.25) is 0 Å². The molecule has 4 rings (SSSR count). The molecule has 0 aromatic carbocycles. The Morgan fingerprint density at radius 3 is 1.70 bits per heavy atom. The number of ketones is 1. The zero-order valence-electron chi connectivity index (χ0n) is 20.5. The molecule has 0 aromatic rings. The lowest BCUT2D eigenvalue weighted by Crippen LogP contribution is -2.51. The Morgan fingerprint density at radius 2 is 1.27 bits per heavy atom. The molecule has 30 heavy (non-hydrogen) atoms. The van der Waals surface area contributed by atoms with Crippen LogP contribution in [0.4, 0.5) is 0 Å². The van der Waals surface area contributed by atoms with Gasteiger partial charge in [-0.25, -0.2) is 0 Å². The summed E-state index contributed by atoms with van der Waals surface area (Å²) in [4.78, 5) is 13.6. The number of unbranched alkanes of at least 4 members (excludes halogenated alkanes) is 9. The average molecular weight is 418 g/mol. The van der Waals surface area contributed by atoms with Crippen LogP contribution in [0.15, 0.2) is 0 Å². The van der Waals surface area contributed by atoms with E-state index in [1.807, 2.05) is 0 Å². The topological polar surface area (TPSA) is 43.1 Å². The Kier molecular flexibility index (Phi) is 8.88. The highest BCUT2D eigenvalue weighted by Crippen LogP contribution is 2.60. The van der Waals surface area contributed by atoms with Crippen molar-refractivity contribution in [2.45, 2.75) is 142 Å². The minimum atomic E-state index is -0.239. The summed E-state index contributed by atoms with van der Waals surface area (Å²) in [7, 11) is 0. The van der Waals surface area contributed by atoms with E-state index in [0.717, 1.165) is 30.6 Å². The summed E-state index contributed by atoms with van der Waals surface area (Å²) in [5.41, 5.74) is 6.40. The smallest absolute Gasteiger partial charge is 0.139 e. The van der Waals surface area contributed by atoms with Crippen LogP contribution in [0.2, 0.25) is 0 Å². The minimum absolute atomic E-state index is 0.0516. The molecule has 0 aliphatic heterocycles. The molecular formula is C28H51NO. The van der Waals surface area contributed by atoms with E-state index in [2.05, 4.69) is 20.8 Å². The molecule has 4 bridgehead atoms. The third kappa shape index (κ3) is 6.57. The minimum Gasteiger partial charge on any atom is -0.325 e. The van der Waals surface area contributed by atoms with Gasteiger partial charge in [-0.05, 0) is 82.5 Å². The van der Waals surface area contributed by atoms with Crippen LogP contribution in [0.25, 0.3) is 0 Å². The van der Waals surface area contributed by atoms with E-state index in [9.17, 15) is 4.79 Å². The number of carbonyl (C=O) groups excluding carboxylic acids is 1. The standard InChI is InChI=1S/C28H51NO/c1-4-5-6-7-8-9-10-11-12-13-14-25(27(2,3)29)18-26(30)28-19-22-15-23(20-28)17-24(16-22)21-28/h22-25H,4-21,29H2,1-3H3. The van der Waals surface area contributed by atoms with Crippen LogP contribution in [0.3, 0.4) is 0 Å². The molecule has 0 radical (unpaired) electrons. The molecule has 0 aromatic heterocycles. The largest absolute Gasteiger partial charge is 0.325 e. The lowest BCUT2D eigenvalue weighted by Gasteiger charge is -2.56. The zero-order chi connectivity index (χ0) is 21.6. The second-order valence-electron chi connectivity index (χ2n) is 12.3. The van der Waals surface area contributed by atoms with E-state index in [1.54, 1.807) is 0 Å². The summed E-state index contributed by atoms with van der Waals surface area (Å²) in [5.74, 6) is 3.51. The predicted molar refractivity (Wildman–Crippen MR) is 128 cm³/mol. The molecule has 2 nitrogen and oxygen atoms in total. The first kappa shape index (κ1) is 24.3. The number of carbonyl (C=O) groups is 1. The summed E-state index contributed by atoms with van der Waals surface area (Å²) in [6, 6.07) is 0. The molecule has 1 unspecified atom stereocenters. The van der Waals surface area contributed by atoms with Crippen LogP contribution in [0, 0.1) is 29.1 Å². The number of hydrogen-bond acceptors (Lipinski definition) is 2. The fourth-order valence-corrected chi connectivity index (χ4v) is 7.51. The van der Waals surface area contributed by atoms with Gasteiger partial charge in [-0.2, -0.15) is 0 Å². The Balaban J connectivity index is 1.38. The molecule has 0 amide bonds. The molecule has 2 heteroatoms. The van der Waals surface area contributed by atoms with Crippen molar-refractivity contribution in [2.75, 3.05) is 0 Å². The maximum Gasteiger partial charge on any atom is 0.139 e. The van der Waals surface area contributed by atoms with Crippen molar-refractivity contribution in [3.63, 3.8) is 0 Å². The van der Waals surface area contributed by atoms with E-state index in [1.165, 1.54) is 103 Å². The molecule has 2 N–H and O–H groups in total. The van der Waals surface area contributed by atoms with Gasteiger partial charge < -0.3 is 5.73 Å². The Labute approximate surface area is 187 Å². The number of rotatable bonds is 15. The fraction of sp³-hybridized carbons (Fsp3) is 0.964. The SMILES string of the molecule is CCCCCCCCCCCCC(CC(=O)C12CC3CC(CC(C3)C1)C2)C(C)(C)N. The van der Waals surface area contributed by atoms with E-state index >= 15 is 0 Å². The normalized spacial score (nSPS) is 31.3. The lowest BCUT2D eigenvalue weighted by molar-refractivity contribution is -0.145. The van der Waals surface area contributed by atoms with Gasteiger partial charge in [0.05, 0.1) is 0 Å². The van der Waals surface area contributed by atoms with Crippen LogP contribution in [-0.2, 0) is 4.79 Å². The summed E-state index contributed by atoms with van der Waals surface area (Å²) in [5, 5.41) is 0. The van der Waals surface area contributed by atoms with Crippen molar-refractivity contribution >= 4 is 5.78 Å². The van der Waals surface area contributed by atoms with Gasteiger partial charge in [-0.1, -0.05) is 71.1 Å². The Hall–Kier alpha value is -0.370. The summed E-state index contributed by atoms with van der Waals surface area (Å²) in [6.07, 6.45) is 23.4. The molecule has 1 atom stereocenters. The highest BCUT2D eigenvalue weighted by molar-refractivity contribution is 5.85. The van der Waals surface area contributed by atoms with Crippen LogP contribution in [0.5, 0.6) is 0 Å². The molecule has 0 saturated heterocycles. The molecule has 4 aliphatic rings. The lowest BCUT2D eigenvalue weighted by atomic mass is 9.48. The summed E-state index contributed by atoms with van der Waals surface area (Å²) in [6.45, 7) is 6.59. The van der Waals surface area contributed by atoms with Crippen molar-refractivity contribution in [1.29, 1.82) is 0 Å². The van der Waals surface area contributed by atoms with Crippen molar-refractivity contribution in [3.05, 3.63) is 0 Å². The third-order valence-electron chi connectivity index (χ3n) is 9.02. The molecule has 0 spiro atoms. The van der Waals surface area contributed by atoms with Gasteiger partial charge >= 0.3 is 0 Å². The van der Waals surface area contributed by atoms with Gasteiger partial charge in [0.25, 0.3) is 0 Å². The first-order chi connectivity index (χ1) is 14.3. The Bertz CT molecular complexity index is 496. The predicted octanol–water partition coefficient (Wildman–Crippen LogP) is 7.83. The number of nitrogens with two attached hydrogens (primary N) is 1. The quantitative estimate of drug-likeness (QED) is 0.276. The maximum absolute atomic E-state index is 13.6. The van der Waals surface area contributed by atoms with Gasteiger partial charge in [-0.15, -0.1) is 0 Å². The second kappa shape index (κ2) is 11.0.